The molecular formula is C13H14F2N4O. The molecule has 0 atom stereocenters. The van der Waals surface area contributed by atoms with E-state index in [-0.39, 0.29) is 18.5 Å². The van der Waals surface area contributed by atoms with Crippen molar-refractivity contribution in [3.05, 3.63) is 47.2 Å². The van der Waals surface area contributed by atoms with E-state index in [4.69, 9.17) is 5.73 Å². The molecule has 3 N–H and O–H groups in total. The zero-order valence-corrected chi connectivity index (χ0v) is 10.9. The van der Waals surface area contributed by atoms with Gasteiger partial charge in [-0.15, -0.1) is 0 Å². The Labute approximate surface area is 114 Å². The van der Waals surface area contributed by atoms with E-state index in [1.165, 1.54) is 16.8 Å². The van der Waals surface area contributed by atoms with Gasteiger partial charge in [0.1, 0.15) is 0 Å². The summed E-state index contributed by atoms with van der Waals surface area (Å²) < 4.78 is 28.0. The highest BCUT2D eigenvalue weighted by atomic mass is 19.2. The van der Waals surface area contributed by atoms with Crippen molar-refractivity contribution in [1.29, 1.82) is 0 Å². The Balaban J connectivity index is 2.11. The maximum atomic E-state index is 13.5. The fraction of sp³-hybridized carbons (Fsp3) is 0.231. The molecule has 106 valence electrons. The molecule has 2 aromatic rings. The van der Waals surface area contributed by atoms with Gasteiger partial charge in [-0.05, 0) is 6.07 Å². The highest BCUT2D eigenvalue weighted by Crippen LogP contribution is 2.15. The van der Waals surface area contributed by atoms with E-state index in [0.717, 1.165) is 6.07 Å². The average Bonchev–Trinajstić information content (AvgIpc) is 2.75. The molecule has 0 unspecified atom stereocenters. The molecule has 0 aliphatic carbocycles. The van der Waals surface area contributed by atoms with Crippen LogP contribution in [0.25, 0.3) is 0 Å². The maximum absolute atomic E-state index is 13.5. The lowest BCUT2D eigenvalue weighted by Gasteiger charge is -2.05. The van der Waals surface area contributed by atoms with E-state index in [0.29, 0.717) is 11.4 Å². The van der Waals surface area contributed by atoms with Gasteiger partial charge in [0.2, 0.25) is 5.91 Å². The number of nitrogens with one attached hydrogen (secondary N) is 1. The first kappa shape index (κ1) is 14.1. The summed E-state index contributed by atoms with van der Waals surface area (Å²) in [6, 6.07) is 3.72. The number of halogens is 2. The number of hydrogen-bond donors (Lipinski definition) is 2. The van der Waals surface area contributed by atoms with Crippen LogP contribution >= 0.6 is 0 Å². The molecule has 0 fully saturated rings. The third-order valence-electron chi connectivity index (χ3n) is 2.76. The number of carbonyl (C=O) groups is 1. The summed E-state index contributed by atoms with van der Waals surface area (Å²) in [5, 5.41) is 6.58. The molecule has 20 heavy (non-hydrogen) atoms. The number of nitrogens with zero attached hydrogens (tertiary/aromatic N) is 2. The standard InChI is InChI=1S/C13H14F2N4O/c1-19-7-9(6-16)13(18-19)17-11(20)5-8-3-2-4-10(14)12(8)15/h2-4,7H,5-6,16H2,1H3,(H,17,18,20). The smallest absolute Gasteiger partial charge is 0.230 e. The van der Waals surface area contributed by atoms with Gasteiger partial charge in [0, 0.05) is 30.9 Å². The Morgan fingerprint density at radius 1 is 1.40 bits per heavy atom. The van der Waals surface area contributed by atoms with E-state index in [9.17, 15) is 13.6 Å². The molecule has 7 heteroatoms. The second kappa shape index (κ2) is 5.79. The van der Waals surface area contributed by atoms with Crippen LogP contribution in [0.5, 0.6) is 0 Å². The summed E-state index contributed by atoms with van der Waals surface area (Å²) in [5.41, 5.74) is 6.18. The van der Waals surface area contributed by atoms with Crippen LogP contribution in [0.1, 0.15) is 11.1 Å². The topological polar surface area (TPSA) is 72.9 Å². The van der Waals surface area contributed by atoms with E-state index in [1.807, 2.05) is 0 Å². The van der Waals surface area contributed by atoms with Gasteiger partial charge >= 0.3 is 0 Å². The monoisotopic (exact) mass is 280 g/mol. The predicted octanol–water partition coefficient (Wildman–Crippen LogP) is 1.34. The number of nitrogens with two attached hydrogens (primary N) is 1. The van der Waals surface area contributed by atoms with Crippen LogP contribution in [0.2, 0.25) is 0 Å². The molecule has 1 heterocycles. The van der Waals surface area contributed by atoms with Gasteiger partial charge in [0.15, 0.2) is 17.5 Å². The van der Waals surface area contributed by atoms with Crippen LogP contribution in [0, 0.1) is 11.6 Å². The number of hydrogen-bond acceptors (Lipinski definition) is 3. The minimum Gasteiger partial charge on any atom is -0.326 e. The van der Waals surface area contributed by atoms with Crippen molar-refractivity contribution >= 4 is 11.7 Å². The summed E-state index contributed by atoms with van der Waals surface area (Å²) in [6.07, 6.45) is 1.41. The first-order chi connectivity index (χ1) is 9.51. The van der Waals surface area contributed by atoms with Crippen LogP contribution in [0.3, 0.4) is 0 Å². The Bertz CT molecular complexity index is 639. The van der Waals surface area contributed by atoms with Crippen molar-refractivity contribution in [2.24, 2.45) is 12.8 Å². The van der Waals surface area contributed by atoms with Crippen LogP contribution in [0.4, 0.5) is 14.6 Å². The molecule has 0 spiro atoms. The molecule has 0 radical (unpaired) electrons. The summed E-state index contributed by atoms with van der Waals surface area (Å²) in [4.78, 5) is 11.8. The van der Waals surface area contributed by atoms with Crippen molar-refractivity contribution in [2.75, 3.05) is 5.32 Å². The minimum absolute atomic E-state index is 0.00673. The van der Waals surface area contributed by atoms with Crippen molar-refractivity contribution in [1.82, 2.24) is 9.78 Å². The van der Waals surface area contributed by atoms with Gasteiger partial charge in [-0.25, -0.2) is 8.78 Å². The van der Waals surface area contributed by atoms with E-state index < -0.39 is 17.5 Å². The Hall–Kier alpha value is -2.28. The molecule has 2 rings (SSSR count). The summed E-state index contributed by atoms with van der Waals surface area (Å²) in [5.74, 6) is -2.14. The molecule has 1 amide bonds. The zero-order valence-electron chi connectivity index (χ0n) is 10.9. The fourth-order valence-electron chi connectivity index (χ4n) is 1.83. The first-order valence-electron chi connectivity index (χ1n) is 5.96. The third-order valence-corrected chi connectivity index (χ3v) is 2.76. The Kier molecular flexibility index (Phi) is 4.09. The Morgan fingerprint density at radius 3 is 2.85 bits per heavy atom. The number of aryl methyl sites for hydroxylation is 1. The molecule has 0 saturated carbocycles. The number of anilines is 1. The van der Waals surface area contributed by atoms with Crippen molar-refractivity contribution < 1.29 is 13.6 Å². The number of aromatic nitrogens is 2. The van der Waals surface area contributed by atoms with E-state index in [2.05, 4.69) is 10.4 Å². The average molecular weight is 280 g/mol. The van der Waals surface area contributed by atoms with Crippen molar-refractivity contribution in [3.63, 3.8) is 0 Å². The first-order valence-corrected chi connectivity index (χ1v) is 5.96. The van der Waals surface area contributed by atoms with E-state index in [1.54, 1.807) is 13.2 Å². The lowest BCUT2D eigenvalue weighted by molar-refractivity contribution is -0.115. The SMILES string of the molecule is Cn1cc(CN)c(NC(=O)Cc2cccc(F)c2F)n1. The fourth-order valence-corrected chi connectivity index (χ4v) is 1.83. The molecule has 0 saturated heterocycles. The van der Waals surface area contributed by atoms with Gasteiger partial charge in [-0.2, -0.15) is 5.10 Å². The van der Waals surface area contributed by atoms with Crippen molar-refractivity contribution in [3.8, 4) is 0 Å². The van der Waals surface area contributed by atoms with Gasteiger partial charge in [-0.1, -0.05) is 12.1 Å². The molecule has 0 aliphatic heterocycles. The summed E-state index contributed by atoms with van der Waals surface area (Å²) >= 11 is 0. The second-order valence-electron chi connectivity index (χ2n) is 4.32. The molecule has 5 nitrogen and oxygen atoms in total. The second-order valence-corrected chi connectivity index (χ2v) is 4.32. The number of carbonyl (C=O) groups excluding carboxylic acids is 1. The van der Waals surface area contributed by atoms with Crippen LogP contribution in [-0.2, 0) is 24.8 Å². The van der Waals surface area contributed by atoms with Crippen LogP contribution in [0.15, 0.2) is 24.4 Å². The summed E-state index contributed by atoms with van der Waals surface area (Å²) in [7, 11) is 1.70. The highest BCUT2D eigenvalue weighted by molar-refractivity contribution is 5.92. The van der Waals surface area contributed by atoms with Crippen LogP contribution < -0.4 is 11.1 Å². The quantitative estimate of drug-likeness (QED) is 0.887. The van der Waals surface area contributed by atoms with Gasteiger partial charge < -0.3 is 11.1 Å². The van der Waals surface area contributed by atoms with Gasteiger partial charge in [0.05, 0.1) is 6.42 Å². The molecule has 1 aromatic heterocycles. The highest BCUT2D eigenvalue weighted by Gasteiger charge is 2.14. The minimum atomic E-state index is -1.01. The normalized spacial score (nSPS) is 10.6. The van der Waals surface area contributed by atoms with Gasteiger partial charge in [0.25, 0.3) is 0 Å². The molecular weight excluding hydrogens is 266 g/mol. The third kappa shape index (κ3) is 3.00. The summed E-state index contributed by atoms with van der Waals surface area (Å²) in [6.45, 7) is 0.220. The largest absolute Gasteiger partial charge is 0.326 e. The lowest BCUT2D eigenvalue weighted by atomic mass is 10.1. The van der Waals surface area contributed by atoms with Crippen molar-refractivity contribution in [2.45, 2.75) is 13.0 Å². The zero-order chi connectivity index (χ0) is 14.7. The maximum Gasteiger partial charge on any atom is 0.230 e. The number of rotatable bonds is 4. The van der Waals surface area contributed by atoms with E-state index >= 15 is 0 Å². The number of amides is 1. The Morgan fingerprint density at radius 2 is 2.15 bits per heavy atom. The molecule has 0 bridgehead atoms. The van der Waals surface area contributed by atoms with Crippen LogP contribution in [-0.4, -0.2) is 15.7 Å². The number of benzene rings is 1. The van der Waals surface area contributed by atoms with Gasteiger partial charge in [-0.3, -0.25) is 9.48 Å². The lowest BCUT2D eigenvalue weighted by Crippen LogP contribution is -2.17. The molecule has 0 aliphatic rings. The molecule has 1 aromatic carbocycles. The predicted molar refractivity (Wildman–Crippen MR) is 69.8 cm³/mol.